The molecule has 3 aromatic rings. The molecule has 1 heterocycles. The number of rotatable bonds is 7. The van der Waals surface area contributed by atoms with Crippen LogP contribution in [-0.2, 0) is 4.74 Å². The number of ether oxygens (including phenoxy) is 1. The predicted molar refractivity (Wildman–Crippen MR) is 108 cm³/mol. The minimum absolute atomic E-state index is 0.404. The maximum atomic E-state index is 6.24. The van der Waals surface area contributed by atoms with E-state index in [2.05, 4.69) is 20.6 Å². The van der Waals surface area contributed by atoms with Crippen molar-refractivity contribution in [2.75, 3.05) is 30.9 Å². The smallest absolute Gasteiger partial charge is 0.229 e. The van der Waals surface area contributed by atoms with Gasteiger partial charge in [-0.25, -0.2) is 4.98 Å². The van der Waals surface area contributed by atoms with Gasteiger partial charge in [0.05, 0.1) is 28.0 Å². The van der Waals surface area contributed by atoms with E-state index in [1.807, 2.05) is 36.4 Å². The van der Waals surface area contributed by atoms with E-state index < -0.39 is 0 Å². The number of methoxy groups -OCH3 is 1. The molecule has 0 spiro atoms. The number of anilines is 3. The number of benzene rings is 2. The number of hydrogen-bond acceptors (Lipinski definition) is 5. The molecule has 134 valence electrons. The van der Waals surface area contributed by atoms with Crippen LogP contribution in [-0.4, -0.2) is 30.2 Å². The summed E-state index contributed by atoms with van der Waals surface area (Å²) in [5.41, 5.74) is 2.34. The van der Waals surface area contributed by atoms with Crippen LogP contribution in [0.15, 0.2) is 54.6 Å². The SMILES string of the molecule is COCCNc1cc(-c2ccccc2)nc(Nc2c(Cl)cccc2Cl)n1. The molecule has 0 bridgehead atoms. The molecule has 5 nitrogen and oxygen atoms in total. The third kappa shape index (κ3) is 4.64. The summed E-state index contributed by atoms with van der Waals surface area (Å²) in [6, 6.07) is 17.1. The van der Waals surface area contributed by atoms with Gasteiger partial charge in [-0.2, -0.15) is 4.98 Å². The van der Waals surface area contributed by atoms with E-state index in [0.29, 0.717) is 40.7 Å². The second-order valence-electron chi connectivity index (χ2n) is 5.47. The van der Waals surface area contributed by atoms with E-state index in [-0.39, 0.29) is 0 Å². The summed E-state index contributed by atoms with van der Waals surface area (Å²) in [7, 11) is 1.66. The van der Waals surface area contributed by atoms with Crippen LogP contribution in [0.25, 0.3) is 11.3 Å². The first-order chi connectivity index (χ1) is 12.7. The zero-order valence-corrected chi connectivity index (χ0v) is 15.7. The number of hydrogen-bond donors (Lipinski definition) is 2. The minimum Gasteiger partial charge on any atom is -0.383 e. The highest BCUT2D eigenvalue weighted by Crippen LogP contribution is 2.32. The summed E-state index contributed by atoms with van der Waals surface area (Å²) in [5.74, 6) is 1.09. The fourth-order valence-electron chi connectivity index (χ4n) is 2.36. The fourth-order valence-corrected chi connectivity index (χ4v) is 2.85. The molecule has 0 aliphatic heterocycles. The van der Waals surface area contributed by atoms with Crippen LogP contribution >= 0.6 is 23.2 Å². The first-order valence-corrected chi connectivity index (χ1v) is 8.81. The number of para-hydroxylation sites is 1. The van der Waals surface area contributed by atoms with E-state index in [1.165, 1.54) is 0 Å². The number of nitrogens with zero attached hydrogens (tertiary/aromatic N) is 2. The molecule has 0 atom stereocenters. The van der Waals surface area contributed by atoms with Crippen LogP contribution in [0, 0.1) is 0 Å². The fraction of sp³-hybridized carbons (Fsp3) is 0.158. The van der Waals surface area contributed by atoms with Crippen molar-refractivity contribution in [3.8, 4) is 11.3 Å². The van der Waals surface area contributed by atoms with Crippen molar-refractivity contribution < 1.29 is 4.74 Å². The van der Waals surface area contributed by atoms with Crippen molar-refractivity contribution in [1.29, 1.82) is 0 Å². The van der Waals surface area contributed by atoms with Gasteiger partial charge in [-0.1, -0.05) is 59.6 Å². The minimum atomic E-state index is 0.404. The van der Waals surface area contributed by atoms with E-state index in [1.54, 1.807) is 25.3 Å². The number of nitrogens with one attached hydrogen (secondary N) is 2. The van der Waals surface area contributed by atoms with Crippen molar-refractivity contribution in [3.05, 3.63) is 64.6 Å². The third-order valence-electron chi connectivity index (χ3n) is 3.61. The van der Waals surface area contributed by atoms with Crippen molar-refractivity contribution in [2.24, 2.45) is 0 Å². The molecule has 7 heteroatoms. The highest BCUT2D eigenvalue weighted by molar-refractivity contribution is 6.39. The van der Waals surface area contributed by atoms with Gasteiger partial charge in [-0.05, 0) is 12.1 Å². The van der Waals surface area contributed by atoms with Crippen LogP contribution in [0.1, 0.15) is 0 Å². The highest BCUT2D eigenvalue weighted by Gasteiger charge is 2.11. The van der Waals surface area contributed by atoms with Crippen molar-refractivity contribution in [1.82, 2.24) is 9.97 Å². The van der Waals surface area contributed by atoms with E-state index in [4.69, 9.17) is 27.9 Å². The van der Waals surface area contributed by atoms with E-state index in [9.17, 15) is 0 Å². The predicted octanol–water partition coefficient (Wildman–Crippen LogP) is 5.25. The Hall–Kier alpha value is -2.34. The average molecular weight is 389 g/mol. The largest absolute Gasteiger partial charge is 0.383 e. The summed E-state index contributed by atoms with van der Waals surface area (Å²) >= 11 is 12.5. The lowest BCUT2D eigenvalue weighted by Crippen LogP contribution is -2.10. The lowest BCUT2D eigenvalue weighted by Gasteiger charge is -2.13. The number of halogens is 2. The van der Waals surface area contributed by atoms with Crippen molar-refractivity contribution in [2.45, 2.75) is 0 Å². The molecule has 0 radical (unpaired) electrons. The summed E-state index contributed by atoms with van der Waals surface area (Å²) < 4.78 is 5.08. The van der Waals surface area contributed by atoms with Crippen LogP contribution in [0.4, 0.5) is 17.5 Å². The zero-order chi connectivity index (χ0) is 18.4. The van der Waals surface area contributed by atoms with Gasteiger partial charge in [-0.3, -0.25) is 0 Å². The first-order valence-electron chi connectivity index (χ1n) is 8.05. The van der Waals surface area contributed by atoms with Gasteiger partial charge in [0, 0.05) is 25.3 Å². The lowest BCUT2D eigenvalue weighted by molar-refractivity contribution is 0.210. The maximum Gasteiger partial charge on any atom is 0.229 e. The molecule has 0 aliphatic carbocycles. The summed E-state index contributed by atoms with van der Waals surface area (Å²) in [6.07, 6.45) is 0. The molecule has 2 aromatic carbocycles. The summed E-state index contributed by atoms with van der Waals surface area (Å²) in [5, 5.41) is 7.35. The maximum absolute atomic E-state index is 6.24. The molecule has 26 heavy (non-hydrogen) atoms. The highest BCUT2D eigenvalue weighted by atomic mass is 35.5. The molecular weight excluding hydrogens is 371 g/mol. The summed E-state index contributed by atoms with van der Waals surface area (Å²) in [4.78, 5) is 9.10. The Bertz CT molecular complexity index is 854. The van der Waals surface area contributed by atoms with Crippen molar-refractivity contribution >= 4 is 40.7 Å². The van der Waals surface area contributed by atoms with E-state index >= 15 is 0 Å². The monoisotopic (exact) mass is 388 g/mol. The second kappa shape index (κ2) is 8.85. The lowest BCUT2D eigenvalue weighted by atomic mass is 10.1. The molecular formula is C19H18Cl2N4O. The van der Waals surface area contributed by atoms with Crippen molar-refractivity contribution in [3.63, 3.8) is 0 Å². The second-order valence-corrected chi connectivity index (χ2v) is 6.28. The van der Waals surface area contributed by atoms with Crippen LogP contribution < -0.4 is 10.6 Å². The van der Waals surface area contributed by atoms with Crippen LogP contribution in [0.3, 0.4) is 0 Å². The topological polar surface area (TPSA) is 59.1 Å². The van der Waals surface area contributed by atoms with E-state index in [0.717, 1.165) is 11.3 Å². The molecule has 2 N–H and O–H groups in total. The molecule has 0 aliphatic rings. The van der Waals surface area contributed by atoms with Crippen LogP contribution in [0.5, 0.6) is 0 Å². The third-order valence-corrected chi connectivity index (χ3v) is 4.24. The van der Waals surface area contributed by atoms with Gasteiger partial charge >= 0.3 is 0 Å². The Balaban J connectivity index is 1.96. The van der Waals surface area contributed by atoms with Gasteiger partial charge in [0.15, 0.2) is 0 Å². The molecule has 0 saturated carbocycles. The Morgan fingerprint density at radius 1 is 0.962 bits per heavy atom. The Kier molecular flexibility index (Phi) is 6.28. The van der Waals surface area contributed by atoms with Gasteiger partial charge in [0.2, 0.25) is 5.95 Å². The Morgan fingerprint density at radius 2 is 1.69 bits per heavy atom. The molecule has 0 unspecified atom stereocenters. The Morgan fingerprint density at radius 3 is 2.38 bits per heavy atom. The standard InChI is InChI=1S/C19H18Cl2N4O/c1-26-11-10-22-17-12-16(13-6-3-2-4-7-13)23-19(24-17)25-18-14(20)8-5-9-15(18)21/h2-9,12H,10-11H2,1H3,(H2,22,23,24,25). The Labute approximate surface area is 162 Å². The molecule has 3 rings (SSSR count). The normalized spacial score (nSPS) is 10.6. The van der Waals surface area contributed by atoms with Crippen LogP contribution in [0.2, 0.25) is 10.0 Å². The number of aromatic nitrogens is 2. The molecule has 0 amide bonds. The molecule has 0 fully saturated rings. The zero-order valence-electron chi connectivity index (χ0n) is 14.2. The molecule has 1 aromatic heterocycles. The molecule has 0 saturated heterocycles. The summed E-state index contributed by atoms with van der Waals surface area (Å²) in [6.45, 7) is 1.21. The van der Waals surface area contributed by atoms with Gasteiger partial charge in [0.25, 0.3) is 0 Å². The first kappa shape index (κ1) is 18.5. The van der Waals surface area contributed by atoms with Gasteiger partial charge < -0.3 is 15.4 Å². The van der Waals surface area contributed by atoms with Gasteiger partial charge in [-0.15, -0.1) is 0 Å². The quantitative estimate of drug-likeness (QED) is 0.541. The van der Waals surface area contributed by atoms with Gasteiger partial charge in [0.1, 0.15) is 5.82 Å². The average Bonchev–Trinajstić information content (AvgIpc) is 2.66.